The average Bonchev–Trinajstić information content (AvgIpc) is 2.65. The number of aryl methyl sites for hydroxylation is 1. The molecule has 0 saturated heterocycles. The molecule has 0 aliphatic rings. The molecule has 3 aromatic rings. The highest BCUT2D eigenvalue weighted by Crippen LogP contribution is 2.27. The third-order valence-corrected chi connectivity index (χ3v) is 4.80. The van der Waals surface area contributed by atoms with Gasteiger partial charge in [-0.2, -0.15) is 0 Å². The van der Waals surface area contributed by atoms with E-state index in [0.717, 1.165) is 16.6 Å². The summed E-state index contributed by atoms with van der Waals surface area (Å²) in [6.07, 6.45) is 3.40. The summed E-state index contributed by atoms with van der Waals surface area (Å²) in [6.45, 7) is 6.17. The predicted molar refractivity (Wildman–Crippen MR) is 110 cm³/mol. The van der Waals surface area contributed by atoms with Crippen molar-refractivity contribution in [2.75, 3.05) is 11.6 Å². The molecule has 0 saturated carbocycles. The van der Waals surface area contributed by atoms with E-state index < -0.39 is 0 Å². The van der Waals surface area contributed by atoms with Gasteiger partial charge in [-0.1, -0.05) is 12.1 Å². The summed E-state index contributed by atoms with van der Waals surface area (Å²) in [5.41, 5.74) is 3.73. The van der Waals surface area contributed by atoms with E-state index in [9.17, 15) is 4.79 Å². The number of aromatic nitrogens is 2. The first-order chi connectivity index (χ1) is 13.0. The summed E-state index contributed by atoms with van der Waals surface area (Å²) in [4.78, 5) is 22.6. The molecule has 27 heavy (non-hydrogen) atoms. The highest BCUT2D eigenvalue weighted by molar-refractivity contribution is 7.98. The molecule has 0 unspecified atom stereocenters. The van der Waals surface area contributed by atoms with Crippen molar-refractivity contribution in [3.8, 4) is 0 Å². The Kier molecular flexibility index (Phi) is 5.96. The number of hydrogen-bond acceptors (Lipinski definition) is 6. The lowest BCUT2D eigenvalue weighted by atomic mass is 10.1. The Morgan fingerprint density at radius 3 is 2.59 bits per heavy atom. The fraction of sp³-hybridized carbons (Fsp3) is 0.286. The van der Waals surface area contributed by atoms with E-state index >= 15 is 0 Å². The van der Waals surface area contributed by atoms with Gasteiger partial charge in [0.05, 0.1) is 11.8 Å². The number of benzene rings is 1. The van der Waals surface area contributed by atoms with Crippen molar-refractivity contribution in [3.63, 3.8) is 0 Å². The van der Waals surface area contributed by atoms with Crippen molar-refractivity contribution in [3.05, 3.63) is 59.4 Å². The molecule has 0 amide bonds. The molecule has 6 heteroatoms. The molecule has 0 aliphatic heterocycles. The number of nitrogens with one attached hydrogen (secondary N) is 1. The van der Waals surface area contributed by atoms with Crippen molar-refractivity contribution in [2.24, 2.45) is 0 Å². The van der Waals surface area contributed by atoms with Gasteiger partial charge >= 0.3 is 5.97 Å². The number of pyridine rings is 2. The van der Waals surface area contributed by atoms with Crippen LogP contribution >= 0.6 is 11.8 Å². The van der Waals surface area contributed by atoms with Crippen molar-refractivity contribution < 1.29 is 9.53 Å². The maximum atomic E-state index is 12.6. The Morgan fingerprint density at radius 1 is 1.19 bits per heavy atom. The Balaban J connectivity index is 1.97. The molecule has 2 heterocycles. The number of anilines is 1. The van der Waals surface area contributed by atoms with Crippen LogP contribution in [0.15, 0.2) is 47.5 Å². The largest absolute Gasteiger partial charge is 0.459 e. The molecule has 2 aromatic heterocycles. The van der Waals surface area contributed by atoms with E-state index in [-0.39, 0.29) is 12.1 Å². The molecule has 1 aromatic carbocycles. The SMILES string of the molecule is CSc1ccc(CNc2c(C(=O)OC(C)C)cnc3nc(C)ccc23)cc1. The molecule has 140 valence electrons. The smallest absolute Gasteiger partial charge is 0.342 e. The van der Waals surface area contributed by atoms with Crippen LogP contribution in [0.3, 0.4) is 0 Å². The highest BCUT2D eigenvalue weighted by atomic mass is 32.2. The number of thioether (sulfide) groups is 1. The molecule has 0 fully saturated rings. The minimum atomic E-state index is -0.389. The second kappa shape index (κ2) is 8.39. The van der Waals surface area contributed by atoms with Crippen LogP contribution < -0.4 is 5.32 Å². The molecule has 0 aliphatic carbocycles. The molecule has 1 N–H and O–H groups in total. The zero-order valence-electron chi connectivity index (χ0n) is 15.9. The van der Waals surface area contributed by atoms with Gasteiger partial charge in [0, 0.05) is 28.7 Å². The Bertz CT molecular complexity index is 956. The molecule has 0 radical (unpaired) electrons. The first kappa shape index (κ1) is 19.2. The van der Waals surface area contributed by atoms with Crippen LogP contribution in [-0.4, -0.2) is 28.3 Å². The number of ether oxygens (including phenoxy) is 1. The topological polar surface area (TPSA) is 64.1 Å². The van der Waals surface area contributed by atoms with E-state index in [1.54, 1.807) is 18.0 Å². The van der Waals surface area contributed by atoms with Crippen LogP contribution in [0.25, 0.3) is 11.0 Å². The molecule has 5 nitrogen and oxygen atoms in total. The molecule has 3 rings (SSSR count). The van der Waals surface area contributed by atoms with Crippen LogP contribution in [0.1, 0.15) is 35.5 Å². The molecule has 0 atom stereocenters. The Morgan fingerprint density at radius 2 is 1.93 bits per heavy atom. The fourth-order valence-electron chi connectivity index (χ4n) is 2.73. The summed E-state index contributed by atoms with van der Waals surface area (Å²) >= 11 is 1.71. The summed E-state index contributed by atoms with van der Waals surface area (Å²) in [5, 5.41) is 4.20. The van der Waals surface area contributed by atoms with Gasteiger partial charge < -0.3 is 10.1 Å². The Hall–Kier alpha value is -2.60. The number of carbonyl (C=O) groups is 1. The van der Waals surface area contributed by atoms with Gasteiger partial charge in [0.25, 0.3) is 0 Å². The summed E-state index contributed by atoms with van der Waals surface area (Å²) < 4.78 is 5.39. The number of hydrogen-bond donors (Lipinski definition) is 1. The van der Waals surface area contributed by atoms with Crippen LogP contribution in [0, 0.1) is 6.92 Å². The normalized spacial score (nSPS) is 11.0. The van der Waals surface area contributed by atoms with Gasteiger partial charge in [-0.25, -0.2) is 14.8 Å². The van der Waals surface area contributed by atoms with Crippen LogP contribution in [-0.2, 0) is 11.3 Å². The molecular weight excluding hydrogens is 358 g/mol. The maximum Gasteiger partial charge on any atom is 0.342 e. The Labute approximate surface area is 163 Å². The standard InChI is InChI=1S/C21H23N3O2S/c1-13(2)26-21(25)18-12-23-20-17(10-5-14(3)24-20)19(18)22-11-15-6-8-16(27-4)9-7-15/h5-10,12-13H,11H2,1-4H3,(H,22,23,24). The van der Waals surface area contributed by atoms with Crippen molar-refractivity contribution in [1.82, 2.24) is 9.97 Å². The highest BCUT2D eigenvalue weighted by Gasteiger charge is 2.18. The van der Waals surface area contributed by atoms with Crippen molar-refractivity contribution in [1.29, 1.82) is 0 Å². The van der Waals surface area contributed by atoms with Crippen molar-refractivity contribution in [2.45, 2.75) is 38.3 Å². The number of nitrogens with zero attached hydrogens (tertiary/aromatic N) is 2. The van der Waals surface area contributed by atoms with Gasteiger partial charge in [-0.05, 0) is 56.9 Å². The second-order valence-electron chi connectivity index (χ2n) is 6.53. The molecule has 0 spiro atoms. The third-order valence-electron chi connectivity index (χ3n) is 4.06. The molecule has 0 bridgehead atoms. The monoisotopic (exact) mass is 381 g/mol. The first-order valence-corrected chi connectivity index (χ1v) is 10.0. The summed E-state index contributed by atoms with van der Waals surface area (Å²) in [5.74, 6) is -0.389. The first-order valence-electron chi connectivity index (χ1n) is 8.82. The van der Waals surface area contributed by atoms with Gasteiger partial charge in [-0.3, -0.25) is 0 Å². The minimum Gasteiger partial charge on any atom is -0.459 e. The predicted octanol–water partition coefficient (Wildman–Crippen LogP) is 4.84. The van der Waals surface area contributed by atoms with Crippen LogP contribution in [0.5, 0.6) is 0 Å². The van der Waals surface area contributed by atoms with Gasteiger partial charge in [0.2, 0.25) is 0 Å². The van der Waals surface area contributed by atoms with Crippen LogP contribution in [0.4, 0.5) is 5.69 Å². The molecular formula is C21H23N3O2S. The van der Waals surface area contributed by atoms with Crippen LogP contribution in [0.2, 0.25) is 0 Å². The third kappa shape index (κ3) is 4.57. The number of rotatable bonds is 6. The van der Waals surface area contributed by atoms with E-state index in [0.29, 0.717) is 23.4 Å². The summed E-state index contributed by atoms with van der Waals surface area (Å²) in [6, 6.07) is 12.2. The lowest BCUT2D eigenvalue weighted by Crippen LogP contribution is -2.15. The average molecular weight is 382 g/mol. The number of esters is 1. The van der Waals surface area contributed by atoms with E-state index in [4.69, 9.17) is 4.74 Å². The van der Waals surface area contributed by atoms with E-state index in [1.165, 1.54) is 4.90 Å². The van der Waals surface area contributed by atoms with E-state index in [1.807, 2.05) is 32.9 Å². The fourth-order valence-corrected chi connectivity index (χ4v) is 3.14. The maximum absolute atomic E-state index is 12.6. The van der Waals surface area contributed by atoms with E-state index in [2.05, 4.69) is 45.8 Å². The zero-order chi connectivity index (χ0) is 19.4. The lowest BCUT2D eigenvalue weighted by molar-refractivity contribution is 0.0379. The zero-order valence-corrected chi connectivity index (χ0v) is 16.8. The summed E-state index contributed by atoms with van der Waals surface area (Å²) in [7, 11) is 0. The van der Waals surface area contributed by atoms with Crippen molar-refractivity contribution >= 4 is 34.5 Å². The lowest BCUT2D eigenvalue weighted by Gasteiger charge is -2.15. The quantitative estimate of drug-likeness (QED) is 0.487. The van der Waals surface area contributed by atoms with Gasteiger partial charge in [0.1, 0.15) is 5.56 Å². The van der Waals surface area contributed by atoms with Gasteiger partial charge in [-0.15, -0.1) is 11.8 Å². The number of carbonyl (C=O) groups excluding carboxylic acids is 1. The number of fused-ring (bicyclic) bond motifs is 1. The second-order valence-corrected chi connectivity index (χ2v) is 7.41. The minimum absolute atomic E-state index is 0.198. The van der Waals surface area contributed by atoms with Gasteiger partial charge in [0.15, 0.2) is 5.65 Å².